The SMILES string of the molecule is CC(C)(C)OC(=O)N1C2COCC1CC(C(=O)c1cccc(B3OC(C)(C)C(C)(C)O3)c1)C2. The summed E-state index contributed by atoms with van der Waals surface area (Å²) in [5.41, 5.74) is 0.0474. The maximum Gasteiger partial charge on any atom is 0.494 e. The third-order valence-electron chi connectivity index (χ3n) is 7.19. The van der Waals surface area contributed by atoms with Crippen LogP contribution >= 0.6 is 0 Å². The lowest BCUT2D eigenvalue weighted by molar-refractivity contribution is -0.0861. The largest absolute Gasteiger partial charge is 0.494 e. The van der Waals surface area contributed by atoms with Gasteiger partial charge in [-0.2, -0.15) is 0 Å². The number of nitrogens with zero attached hydrogens (tertiary/aromatic N) is 1. The van der Waals surface area contributed by atoms with Gasteiger partial charge in [-0.25, -0.2) is 4.79 Å². The van der Waals surface area contributed by atoms with Gasteiger partial charge in [-0.15, -0.1) is 0 Å². The minimum absolute atomic E-state index is 0.0918. The predicted molar refractivity (Wildman–Crippen MR) is 126 cm³/mol. The Morgan fingerprint density at radius 2 is 1.61 bits per heavy atom. The van der Waals surface area contributed by atoms with Gasteiger partial charge in [0.2, 0.25) is 0 Å². The summed E-state index contributed by atoms with van der Waals surface area (Å²) in [6.07, 6.45) is 0.805. The van der Waals surface area contributed by atoms with Crippen LogP contribution in [0.5, 0.6) is 0 Å². The number of piperidine rings is 1. The summed E-state index contributed by atoms with van der Waals surface area (Å²) < 4.78 is 23.7. The molecule has 0 spiro atoms. The maximum atomic E-state index is 13.5. The Morgan fingerprint density at radius 3 is 2.15 bits per heavy atom. The lowest BCUT2D eigenvalue weighted by atomic mass is 9.76. The number of hydrogen-bond acceptors (Lipinski definition) is 6. The van der Waals surface area contributed by atoms with Crippen molar-refractivity contribution in [2.45, 2.75) is 90.2 Å². The fourth-order valence-corrected chi connectivity index (χ4v) is 4.80. The van der Waals surface area contributed by atoms with Crippen molar-refractivity contribution in [1.82, 2.24) is 4.90 Å². The highest BCUT2D eigenvalue weighted by molar-refractivity contribution is 6.62. The first-order chi connectivity index (χ1) is 15.3. The summed E-state index contributed by atoms with van der Waals surface area (Å²) in [6, 6.07) is 7.24. The van der Waals surface area contributed by atoms with Gasteiger partial charge in [0.05, 0.1) is 36.5 Å². The number of amides is 1. The minimum atomic E-state index is -0.563. The molecule has 2 atom stereocenters. The van der Waals surface area contributed by atoms with Gasteiger partial charge in [-0.05, 0) is 66.8 Å². The van der Waals surface area contributed by atoms with Crippen molar-refractivity contribution >= 4 is 24.5 Å². The van der Waals surface area contributed by atoms with Gasteiger partial charge < -0.3 is 18.8 Å². The Hall–Kier alpha value is -1.90. The van der Waals surface area contributed by atoms with Crippen LogP contribution in [-0.2, 0) is 18.8 Å². The highest BCUT2D eigenvalue weighted by atomic mass is 16.7. The number of ether oxygens (including phenoxy) is 2. The molecule has 1 amide bonds. The molecule has 33 heavy (non-hydrogen) atoms. The van der Waals surface area contributed by atoms with E-state index in [4.69, 9.17) is 18.8 Å². The first-order valence-electron chi connectivity index (χ1n) is 11.9. The molecule has 3 saturated heterocycles. The number of Topliss-reactive ketones (excluding diaryl/α,β-unsaturated/α-hetero) is 1. The van der Waals surface area contributed by atoms with Crippen molar-refractivity contribution in [1.29, 1.82) is 0 Å². The van der Waals surface area contributed by atoms with Crippen LogP contribution in [-0.4, -0.2) is 66.0 Å². The van der Waals surface area contributed by atoms with E-state index in [2.05, 4.69) is 0 Å². The number of rotatable bonds is 3. The van der Waals surface area contributed by atoms with Crippen LogP contribution in [0.15, 0.2) is 24.3 Å². The van der Waals surface area contributed by atoms with Crippen molar-refractivity contribution in [2.75, 3.05) is 13.2 Å². The Morgan fingerprint density at radius 1 is 1.03 bits per heavy atom. The van der Waals surface area contributed by atoms with Crippen LogP contribution in [0.3, 0.4) is 0 Å². The van der Waals surface area contributed by atoms with Gasteiger partial charge in [-0.3, -0.25) is 9.69 Å². The quantitative estimate of drug-likeness (QED) is 0.510. The first kappa shape index (κ1) is 24.2. The Labute approximate surface area is 197 Å². The summed E-state index contributed by atoms with van der Waals surface area (Å²) in [4.78, 5) is 28.1. The summed E-state index contributed by atoms with van der Waals surface area (Å²) in [7, 11) is -0.510. The number of benzene rings is 1. The monoisotopic (exact) mass is 457 g/mol. The van der Waals surface area contributed by atoms with E-state index in [0.29, 0.717) is 31.6 Å². The number of hydrogen-bond donors (Lipinski definition) is 0. The second kappa shape index (κ2) is 8.40. The van der Waals surface area contributed by atoms with E-state index in [0.717, 1.165) is 5.46 Å². The van der Waals surface area contributed by atoms with E-state index < -0.39 is 23.9 Å². The zero-order valence-corrected chi connectivity index (χ0v) is 20.8. The number of carbonyl (C=O) groups excluding carboxylic acids is 2. The average Bonchev–Trinajstić information content (AvgIpc) is 2.92. The Balaban J connectivity index is 1.49. The van der Waals surface area contributed by atoms with Gasteiger partial charge in [0, 0.05) is 11.5 Å². The molecule has 1 aromatic rings. The second-order valence-electron chi connectivity index (χ2n) is 11.5. The third kappa shape index (κ3) is 4.84. The molecule has 180 valence electrons. The van der Waals surface area contributed by atoms with Crippen LogP contribution in [0, 0.1) is 5.92 Å². The van der Waals surface area contributed by atoms with Gasteiger partial charge in [0.25, 0.3) is 0 Å². The van der Waals surface area contributed by atoms with Gasteiger partial charge in [-0.1, -0.05) is 24.3 Å². The molecule has 3 heterocycles. The van der Waals surface area contributed by atoms with Crippen LogP contribution in [0.2, 0.25) is 0 Å². The summed E-state index contributed by atoms with van der Waals surface area (Å²) in [6.45, 7) is 14.5. The third-order valence-corrected chi connectivity index (χ3v) is 7.19. The smallest absolute Gasteiger partial charge is 0.444 e. The predicted octanol–water partition coefficient (Wildman–Crippen LogP) is 3.58. The standard InChI is InChI=1S/C25H36BNO6/c1-23(2,3)31-22(29)27-19-12-17(13-20(27)15-30-14-19)21(28)16-9-8-10-18(11-16)26-32-24(4,5)25(6,7)33-26/h8-11,17,19-20H,12-15H2,1-7H3. The zero-order valence-electron chi connectivity index (χ0n) is 20.8. The highest BCUT2D eigenvalue weighted by Crippen LogP contribution is 2.37. The molecular weight excluding hydrogens is 421 g/mol. The fraction of sp³-hybridized carbons (Fsp3) is 0.680. The summed E-state index contributed by atoms with van der Waals surface area (Å²) in [5, 5.41) is 0. The van der Waals surface area contributed by atoms with Gasteiger partial charge >= 0.3 is 13.2 Å². The van der Waals surface area contributed by atoms with Crippen molar-refractivity contribution in [3.63, 3.8) is 0 Å². The maximum absolute atomic E-state index is 13.5. The topological polar surface area (TPSA) is 74.3 Å². The van der Waals surface area contributed by atoms with Crippen LogP contribution in [0.25, 0.3) is 0 Å². The highest BCUT2D eigenvalue weighted by Gasteiger charge is 2.52. The summed E-state index contributed by atoms with van der Waals surface area (Å²) in [5.74, 6) is -0.0785. The lowest BCUT2D eigenvalue weighted by Gasteiger charge is -2.47. The number of morpholine rings is 1. The van der Waals surface area contributed by atoms with Crippen molar-refractivity contribution < 1.29 is 28.4 Å². The molecule has 8 heteroatoms. The Kier molecular flexibility index (Phi) is 6.17. The molecule has 0 aliphatic carbocycles. The van der Waals surface area contributed by atoms with Crippen molar-refractivity contribution in [3.8, 4) is 0 Å². The molecule has 1 aromatic carbocycles. The first-order valence-corrected chi connectivity index (χ1v) is 11.9. The number of ketones is 1. The molecular formula is C25H36BNO6. The van der Waals surface area contributed by atoms with Gasteiger partial charge in [0.1, 0.15) is 5.60 Å². The molecule has 0 N–H and O–H groups in total. The van der Waals surface area contributed by atoms with E-state index >= 15 is 0 Å². The van der Waals surface area contributed by atoms with Crippen LogP contribution < -0.4 is 5.46 Å². The molecule has 0 saturated carbocycles. The normalized spacial score (nSPS) is 28.5. The Bertz CT molecular complexity index is 894. The number of carbonyl (C=O) groups is 2. The molecule has 0 radical (unpaired) electrons. The molecule has 7 nitrogen and oxygen atoms in total. The molecule has 4 rings (SSSR count). The minimum Gasteiger partial charge on any atom is -0.444 e. The fourth-order valence-electron chi connectivity index (χ4n) is 4.80. The van der Waals surface area contributed by atoms with E-state index in [1.54, 1.807) is 4.90 Å². The van der Waals surface area contributed by atoms with Gasteiger partial charge in [0.15, 0.2) is 5.78 Å². The molecule has 2 unspecified atom stereocenters. The van der Waals surface area contributed by atoms with Crippen LogP contribution in [0.4, 0.5) is 4.79 Å². The second-order valence-corrected chi connectivity index (χ2v) is 11.5. The van der Waals surface area contributed by atoms with E-state index in [-0.39, 0.29) is 29.9 Å². The molecule has 0 aromatic heterocycles. The average molecular weight is 457 g/mol. The van der Waals surface area contributed by atoms with Crippen molar-refractivity contribution in [3.05, 3.63) is 29.8 Å². The zero-order chi connectivity index (χ0) is 24.2. The summed E-state index contributed by atoms with van der Waals surface area (Å²) >= 11 is 0. The van der Waals surface area contributed by atoms with E-state index in [1.165, 1.54) is 0 Å². The van der Waals surface area contributed by atoms with Crippen LogP contribution in [0.1, 0.15) is 71.7 Å². The lowest BCUT2D eigenvalue weighted by Crippen LogP contribution is -2.60. The molecule has 3 aliphatic heterocycles. The molecule has 3 fully saturated rings. The van der Waals surface area contributed by atoms with E-state index in [1.807, 2.05) is 72.7 Å². The molecule has 2 bridgehead atoms. The number of fused-ring (bicyclic) bond motifs is 2. The van der Waals surface area contributed by atoms with Crippen molar-refractivity contribution in [2.24, 2.45) is 5.92 Å². The molecule has 3 aliphatic rings. The van der Waals surface area contributed by atoms with E-state index in [9.17, 15) is 9.59 Å².